The van der Waals surface area contributed by atoms with Crippen molar-refractivity contribution in [1.82, 2.24) is 20.0 Å². The van der Waals surface area contributed by atoms with Crippen molar-refractivity contribution in [1.29, 1.82) is 0 Å². The van der Waals surface area contributed by atoms with E-state index < -0.39 is 0 Å². The molecule has 1 aliphatic rings. The lowest BCUT2D eigenvalue weighted by Crippen LogP contribution is -2.35. The van der Waals surface area contributed by atoms with Crippen molar-refractivity contribution in [2.24, 2.45) is 5.92 Å². The van der Waals surface area contributed by atoms with Crippen LogP contribution in [0.3, 0.4) is 0 Å². The first-order chi connectivity index (χ1) is 13.2. The number of hydrogen-bond donors (Lipinski definition) is 1. The van der Waals surface area contributed by atoms with Crippen molar-refractivity contribution in [3.63, 3.8) is 0 Å². The third-order valence-electron chi connectivity index (χ3n) is 5.26. The summed E-state index contributed by atoms with van der Waals surface area (Å²) in [7, 11) is 0. The van der Waals surface area contributed by atoms with Gasteiger partial charge in [-0.25, -0.2) is 4.68 Å². The predicted octanol–water partition coefficient (Wildman–Crippen LogP) is 3.43. The molecular formula is C22H32N4O. The van der Waals surface area contributed by atoms with Crippen LogP contribution in [-0.2, 0) is 11.2 Å². The molecule has 2 aromatic rings. The number of aromatic nitrogens is 2. The number of nitrogens with one attached hydrogen (secondary N) is 1. The summed E-state index contributed by atoms with van der Waals surface area (Å²) in [5, 5.41) is 7.43. The number of carbonyl (C=O) groups is 1. The monoisotopic (exact) mass is 368 g/mol. The number of benzene rings is 1. The molecule has 3 rings (SSSR count). The fraction of sp³-hybridized carbons (Fsp3) is 0.545. The van der Waals surface area contributed by atoms with Crippen LogP contribution in [0.25, 0.3) is 5.69 Å². The Balaban J connectivity index is 1.28. The minimum absolute atomic E-state index is 0.133. The number of carbonyl (C=O) groups excluding carboxylic acids is 1. The van der Waals surface area contributed by atoms with Gasteiger partial charge in [0.2, 0.25) is 5.91 Å². The van der Waals surface area contributed by atoms with Crippen molar-refractivity contribution < 1.29 is 4.79 Å². The summed E-state index contributed by atoms with van der Waals surface area (Å²) in [6.07, 6.45) is 10.0. The Morgan fingerprint density at radius 2 is 2.11 bits per heavy atom. The summed E-state index contributed by atoms with van der Waals surface area (Å²) in [4.78, 5) is 14.6. The number of piperidine rings is 1. The minimum Gasteiger partial charge on any atom is -0.356 e. The molecule has 1 aromatic heterocycles. The van der Waals surface area contributed by atoms with E-state index in [1.54, 1.807) is 0 Å². The molecule has 1 N–H and O–H groups in total. The highest BCUT2D eigenvalue weighted by molar-refractivity contribution is 5.76. The predicted molar refractivity (Wildman–Crippen MR) is 109 cm³/mol. The van der Waals surface area contributed by atoms with Crippen molar-refractivity contribution in [2.75, 3.05) is 26.2 Å². The second-order valence-corrected chi connectivity index (χ2v) is 7.73. The van der Waals surface area contributed by atoms with Gasteiger partial charge in [0.25, 0.3) is 0 Å². The maximum absolute atomic E-state index is 12.1. The molecule has 0 bridgehead atoms. The van der Waals surface area contributed by atoms with Gasteiger partial charge in [-0.1, -0.05) is 25.1 Å². The molecule has 1 aromatic carbocycles. The number of amides is 1. The van der Waals surface area contributed by atoms with Crippen LogP contribution in [-0.4, -0.2) is 46.8 Å². The first-order valence-electron chi connectivity index (χ1n) is 10.3. The highest BCUT2D eigenvalue weighted by atomic mass is 16.1. The van der Waals surface area contributed by atoms with Crippen molar-refractivity contribution in [3.05, 3.63) is 48.3 Å². The quantitative estimate of drug-likeness (QED) is 0.690. The second kappa shape index (κ2) is 10.3. The van der Waals surface area contributed by atoms with Gasteiger partial charge in [0.05, 0.1) is 11.9 Å². The molecule has 0 radical (unpaired) electrons. The van der Waals surface area contributed by atoms with E-state index in [9.17, 15) is 4.79 Å². The molecule has 1 saturated heterocycles. The summed E-state index contributed by atoms with van der Waals surface area (Å²) < 4.78 is 1.86. The van der Waals surface area contributed by atoms with E-state index >= 15 is 0 Å². The molecule has 2 heterocycles. The molecule has 0 saturated carbocycles. The summed E-state index contributed by atoms with van der Waals surface area (Å²) in [5.41, 5.74) is 2.13. The van der Waals surface area contributed by atoms with Crippen LogP contribution >= 0.6 is 0 Å². The molecule has 1 amide bonds. The summed E-state index contributed by atoms with van der Waals surface area (Å²) in [6, 6.07) is 10.0. The number of para-hydroxylation sites is 1. The van der Waals surface area contributed by atoms with Crippen LogP contribution < -0.4 is 5.32 Å². The van der Waals surface area contributed by atoms with Gasteiger partial charge in [0.15, 0.2) is 0 Å². The Hall–Kier alpha value is -2.14. The molecule has 0 spiro atoms. The van der Waals surface area contributed by atoms with Gasteiger partial charge in [-0.3, -0.25) is 4.79 Å². The van der Waals surface area contributed by atoms with Gasteiger partial charge < -0.3 is 10.2 Å². The largest absolute Gasteiger partial charge is 0.356 e. The fourth-order valence-electron chi connectivity index (χ4n) is 3.74. The number of nitrogens with zero attached hydrogens (tertiary/aromatic N) is 3. The topological polar surface area (TPSA) is 50.2 Å². The molecule has 0 aliphatic carbocycles. The maximum atomic E-state index is 12.1. The van der Waals surface area contributed by atoms with Gasteiger partial charge in [-0.15, -0.1) is 0 Å². The highest BCUT2D eigenvalue weighted by Crippen LogP contribution is 2.15. The summed E-state index contributed by atoms with van der Waals surface area (Å²) in [6.45, 7) is 6.77. The zero-order valence-corrected chi connectivity index (χ0v) is 16.4. The van der Waals surface area contributed by atoms with Gasteiger partial charge >= 0.3 is 0 Å². The molecule has 1 unspecified atom stereocenters. The number of likely N-dealkylation sites (tertiary alicyclic amines) is 1. The Morgan fingerprint density at radius 3 is 2.93 bits per heavy atom. The third-order valence-corrected chi connectivity index (χ3v) is 5.26. The Morgan fingerprint density at radius 1 is 1.26 bits per heavy atom. The molecule has 27 heavy (non-hydrogen) atoms. The lowest BCUT2D eigenvalue weighted by atomic mass is 10.0. The average molecular weight is 369 g/mol. The summed E-state index contributed by atoms with van der Waals surface area (Å²) in [5.74, 6) is 0.971. The average Bonchev–Trinajstić information content (AvgIpc) is 3.16. The second-order valence-electron chi connectivity index (χ2n) is 7.73. The van der Waals surface area contributed by atoms with Crippen LogP contribution in [0.5, 0.6) is 0 Å². The van der Waals surface area contributed by atoms with Crippen LogP contribution in [0.15, 0.2) is 42.7 Å². The first-order valence-corrected chi connectivity index (χ1v) is 10.3. The summed E-state index contributed by atoms with van der Waals surface area (Å²) >= 11 is 0. The third kappa shape index (κ3) is 6.51. The smallest absolute Gasteiger partial charge is 0.220 e. The Bertz CT molecular complexity index is 697. The standard InChI is InChI=1S/C22H32N4O/c1-19-8-7-15-25(17-19)14-6-5-13-23-22(27)12-11-20-16-24-26(18-20)21-9-3-2-4-10-21/h2-4,9-10,16,18-19H,5-8,11-15,17H2,1H3,(H,23,27). The number of aryl methyl sites for hydroxylation is 1. The van der Waals surface area contributed by atoms with Gasteiger partial charge in [0.1, 0.15) is 0 Å². The molecular weight excluding hydrogens is 336 g/mol. The SMILES string of the molecule is CC1CCCN(CCCCNC(=O)CCc2cnn(-c3ccccc3)c2)C1. The number of unbranched alkanes of at least 4 members (excludes halogenated alkanes) is 1. The zero-order chi connectivity index (χ0) is 18.9. The lowest BCUT2D eigenvalue weighted by molar-refractivity contribution is -0.121. The lowest BCUT2D eigenvalue weighted by Gasteiger charge is -2.30. The molecule has 1 atom stereocenters. The molecule has 5 nitrogen and oxygen atoms in total. The number of rotatable bonds is 9. The van der Waals surface area contributed by atoms with Crippen LogP contribution in [0.4, 0.5) is 0 Å². The first kappa shape index (κ1) is 19.6. The molecule has 1 aliphatic heterocycles. The van der Waals surface area contributed by atoms with Gasteiger partial charge in [0, 0.05) is 25.7 Å². The van der Waals surface area contributed by atoms with E-state index in [1.807, 2.05) is 47.4 Å². The van der Waals surface area contributed by atoms with E-state index in [1.165, 1.54) is 32.5 Å². The molecule has 146 valence electrons. The van der Waals surface area contributed by atoms with Crippen LogP contribution in [0.2, 0.25) is 0 Å². The normalized spacial score (nSPS) is 17.7. The minimum atomic E-state index is 0.133. The molecule has 5 heteroatoms. The highest BCUT2D eigenvalue weighted by Gasteiger charge is 2.15. The Kier molecular flexibility index (Phi) is 7.45. The van der Waals surface area contributed by atoms with Crippen molar-refractivity contribution >= 4 is 5.91 Å². The molecule has 1 fully saturated rings. The number of hydrogen-bond acceptors (Lipinski definition) is 3. The van der Waals surface area contributed by atoms with E-state index in [0.717, 1.165) is 43.0 Å². The van der Waals surface area contributed by atoms with Crippen molar-refractivity contribution in [2.45, 2.75) is 45.4 Å². The Labute approximate surface area is 162 Å². The fourth-order valence-corrected chi connectivity index (χ4v) is 3.74. The maximum Gasteiger partial charge on any atom is 0.220 e. The zero-order valence-electron chi connectivity index (χ0n) is 16.4. The van der Waals surface area contributed by atoms with Crippen molar-refractivity contribution in [3.8, 4) is 5.69 Å². The van der Waals surface area contributed by atoms with E-state index in [4.69, 9.17) is 0 Å². The van der Waals surface area contributed by atoms with Gasteiger partial charge in [-0.2, -0.15) is 5.10 Å². The van der Waals surface area contributed by atoms with E-state index in [0.29, 0.717) is 6.42 Å². The van der Waals surface area contributed by atoms with Crippen LogP contribution in [0, 0.1) is 5.92 Å². The van der Waals surface area contributed by atoms with Crippen LogP contribution in [0.1, 0.15) is 44.6 Å². The van der Waals surface area contributed by atoms with E-state index in [2.05, 4.69) is 22.2 Å². The van der Waals surface area contributed by atoms with E-state index in [-0.39, 0.29) is 5.91 Å². The van der Waals surface area contributed by atoms with Gasteiger partial charge in [-0.05, 0) is 68.8 Å².